The smallest absolute Gasteiger partial charge is 0.0701 e. The molecular formula is C26H58N6O2. The van der Waals surface area contributed by atoms with Crippen molar-refractivity contribution in [3.63, 3.8) is 0 Å². The Bertz CT molecular complexity index is 438. The van der Waals surface area contributed by atoms with Gasteiger partial charge in [-0.25, -0.2) is 0 Å². The molecule has 1 fully saturated rings. The largest absolute Gasteiger partial charge is 0.378 e. The first-order chi connectivity index (χ1) is 16.7. The highest BCUT2D eigenvalue weighted by molar-refractivity contribution is 4.68. The molecule has 1 N–H and O–H groups in total. The molecule has 1 rings (SSSR count). The van der Waals surface area contributed by atoms with Crippen LogP contribution in [-0.2, 0) is 9.47 Å². The maximum absolute atomic E-state index is 5.93. The predicted molar refractivity (Wildman–Crippen MR) is 145 cm³/mol. The third-order valence-electron chi connectivity index (χ3n) is 7.12. The molecule has 0 saturated carbocycles. The molecule has 0 aliphatic carbocycles. The fourth-order valence-electron chi connectivity index (χ4n) is 4.34. The minimum atomic E-state index is 0.686. The number of nitrogens with zero attached hydrogens (tertiary/aromatic N) is 5. The molecule has 0 aromatic rings. The van der Waals surface area contributed by atoms with Crippen molar-refractivity contribution in [2.45, 2.75) is 34.6 Å². The van der Waals surface area contributed by atoms with Gasteiger partial charge in [0.25, 0.3) is 0 Å². The summed E-state index contributed by atoms with van der Waals surface area (Å²) in [6, 6.07) is 0. The Kier molecular flexibility index (Phi) is 20.4. The van der Waals surface area contributed by atoms with E-state index in [9.17, 15) is 0 Å². The van der Waals surface area contributed by atoms with E-state index in [0.29, 0.717) is 13.2 Å². The second-order valence-electron chi connectivity index (χ2n) is 9.15. The van der Waals surface area contributed by atoms with Crippen molar-refractivity contribution in [2.24, 2.45) is 0 Å². The van der Waals surface area contributed by atoms with Gasteiger partial charge >= 0.3 is 0 Å². The Labute approximate surface area is 211 Å². The quantitative estimate of drug-likeness (QED) is 0.468. The first-order valence-electron chi connectivity index (χ1n) is 14.1. The van der Waals surface area contributed by atoms with Crippen LogP contribution in [0.4, 0.5) is 0 Å². The van der Waals surface area contributed by atoms with Gasteiger partial charge in [0.05, 0.1) is 26.4 Å². The van der Waals surface area contributed by atoms with Crippen LogP contribution >= 0.6 is 0 Å². The van der Waals surface area contributed by atoms with E-state index in [1.807, 2.05) is 0 Å². The van der Waals surface area contributed by atoms with E-state index < -0.39 is 0 Å². The number of ether oxygens (including phenoxy) is 2. The summed E-state index contributed by atoms with van der Waals surface area (Å²) in [6.45, 7) is 32.8. The molecule has 0 amide bonds. The van der Waals surface area contributed by atoms with Crippen LogP contribution < -0.4 is 5.32 Å². The van der Waals surface area contributed by atoms with Crippen LogP contribution in [-0.4, -0.2) is 162 Å². The van der Waals surface area contributed by atoms with E-state index in [4.69, 9.17) is 9.47 Å². The minimum absolute atomic E-state index is 0.686. The van der Waals surface area contributed by atoms with Gasteiger partial charge in [0.2, 0.25) is 0 Å². The third-order valence-corrected chi connectivity index (χ3v) is 7.12. The normalized spacial score (nSPS) is 20.6. The SMILES string of the molecule is CCN(CC)CCN1CCNCCN(CC)CCN(CCN(CC)CC)CCOCCOCC1. The number of nitrogens with one attached hydrogen (secondary N) is 1. The first kappa shape index (κ1) is 31.7. The van der Waals surface area contributed by atoms with Crippen LogP contribution in [0.25, 0.3) is 0 Å². The van der Waals surface area contributed by atoms with E-state index in [1.54, 1.807) is 0 Å². The molecular weight excluding hydrogens is 428 g/mol. The van der Waals surface area contributed by atoms with Crippen molar-refractivity contribution in [2.75, 3.05) is 138 Å². The topological polar surface area (TPSA) is 46.7 Å². The maximum atomic E-state index is 5.93. The Morgan fingerprint density at radius 1 is 0.559 bits per heavy atom. The Hall–Kier alpha value is -0.320. The predicted octanol–water partition coefficient (Wildman–Crippen LogP) is 1.23. The molecule has 0 spiro atoms. The summed E-state index contributed by atoms with van der Waals surface area (Å²) in [6.07, 6.45) is 0. The Morgan fingerprint density at radius 3 is 1.47 bits per heavy atom. The molecule has 34 heavy (non-hydrogen) atoms. The van der Waals surface area contributed by atoms with Crippen molar-refractivity contribution in [3.8, 4) is 0 Å². The number of hydrogen-bond donors (Lipinski definition) is 1. The van der Waals surface area contributed by atoms with Crippen molar-refractivity contribution >= 4 is 0 Å². The average Bonchev–Trinajstić information content (AvgIpc) is 2.86. The Morgan fingerprint density at radius 2 is 1.00 bits per heavy atom. The average molecular weight is 487 g/mol. The van der Waals surface area contributed by atoms with Gasteiger partial charge in [-0.2, -0.15) is 0 Å². The second kappa shape index (κ2) is 21.9. The molecule has 0 bridgehead atoms. The number of likely N-dealkylation sites (N-methyl/N-ethyl adjacent to an activating group) is 3. The lowest BCUT2D eigenvalue weighted by molar-refractivity contribution is 0.0286. The molecule has 1 saturated heterocycles. The monoisotopic (exact) mass is 486 g/mol. The highest BCUT2D eigenvalue weighted by Gasteiger charge is 2.11. The fraction of sp³-hybridized carbons (Fsp3) is 1.00. The fourth-order valence-corrected chi connectivity index (χ4v) is 4.34. The van der Waals surface area contributed by atoms with Crippen LogP contribution in [0.5, 0.6) is 0 Å². The Balaban J connectivity index is 2.54. The molecule has 0 unspecified atom stereocenters. The van der Waals surface area contributed by atoms with Gasteiger partial charge in [-0.1, -0.05) is 34.6 Å². The van der Waals surface area contributed by atoms with Gasteiger partial charge in [0.1, 0.15) is 0 Å². The summed E-state index contributed by atoms with van der Waals surface area (Å²) in [5.74, 6) is 0. The zero-order valence-corrected chi connectivity index (χ0v) is 23.4. The molecule has 204 valence electrons. The molecule has 1 aliphatic heterocycles. The van der Waals surface area contributed by atoms with E-state index in [2.05, 4.69) is 64.4 Å². The third kappa shape index (κ3) is 15.6. The van der Waals surface area contributed by atoms with Crippen LogP contribution in [0.1, 0.15) is 34.6 Å². The van der Waals surface area contributed by atoms with E-state index >= 15 is 0 Å². The zero-order valence-electron chi connectivity index (χ0n) is 23.4. The number of rotatable bonds is 11. The van der Waals surface area contributed by atoms with Crippen LogP contribution in [0.2, 0.25) is 0 Å². The second-order valence-corrected chi connectivity index (χ2v) is 9.15. The standard InChI is InChI=1S/C26H58N6O2/c1-6-28(7-2)15-18-31-14-12-27-11-13-30(10-5)17-20-32(19-16-29(8-3)9-4)22-24-34-26-25-33-23-21-31/h27H,6-26H2,1-5H3. The summed E-state index contributed by atoms with van der Waals surface area (Å²) in [7, 11) is 0. The van der Waals surface area contributed by atoms with Crippen LogP contribution in [0.15, 0.2) is 0 Å². The van der Waals surface area contributed by atoms with Crippen LogP contribution in [0, 0.1) is 0 Å². The summed E-state index contributed by atoms with van der Waals surface area (Å²) in [4.78, 5) is 12.7. The lowest BCUT2D eigenvalue weighted by Crippen LogP contribution is -2.43. The highest BCUT2D eigenvalue weighted by Crippen LogP contribution is 1.97. The van der Waals surface area contributed by atoms with Gasteiger partial charge in [-0.3, -0.25) is 9.80 Å². The summed E-state index contributed by atoms with van der Waals surface area (Å²) in [5.41, 5.74) is 0. The first-order valence-corrected chi connectivity index (χ1v) is 14.1. The van der Waals surface area contributed by atoms with Gasteiger partial charge in [0, 0.05) is 78.5 Å². The zero-order chi connectivity index (χ0) is 24.9. The molecule has 1 aliphatic rings. The van der Waals surface area contributed by atoms with Crippen molar-refractivity contribution in [1.82, 2.24) is 29.8 Å². The molecule has 0 aromatic carbocycles. The summed E-state index contributed by atoms with van der Waals surface area (Å²) >= 11 is 0. The lowest BCUT2D eigenvalue weighted by Gasteiger charge is -2.29. The molecule has 8 nitrogen and oxygen atoms in total. The van der Waals surface area contributed by atoms with Crippen molar-refractivity contribution in [3.05, 3.63) is 0 Å². The van der Waals surface area contributed by atoms with E-state index in [-0.39, 0.29) is 0 Å². The maximum Gasteiger partial charge on any atom is 0.0701 e. The van der Waals surface area contributed by atoms with Gasteiger partial charge in [0.15, 0.2) is 0 Å². The molecule has 0 atom stereocenters. The molecule has 8 heteroatoms. The van der Waals surface area contributed by atoms with Crippen LogP contribution in [0.3, 0.4) is 0 Å². The number of hydrogen-bond acceptors (Lipinski definition) is 8. The summed E-state index contributed by atoms with van der Waals surface area (Å²) < 4.78 is 11.8. The highest BCUT2D eigenvalue weighted by atomic mass is 16.5. The van der Waals surface area contributed by atoms with Gasteiger partial charge in [-0.05, 0) is 32.7 Å². The lowest BCUT2D eigenvalue weighted by atomic mass is 10.3. The van der Waals surface area contributed by atoms with Crippen molar-refractivity contribution in [1.29, 1.82) is 0 Å². The molecule has 0 aromatic heterocycles. The molecule has 1 heterocycles. The van der Waals surface area contributed by atoms with E-state index in [1.165, 1.54) is 0 Å². The van der Waals surface area contributed by atoms with E-state index in [0.717, 1.165) is 124 Å². The molecule has 0 radical (unpaired) electrons. The minimum Gasteiger partial charge on any atom is -0.378 e. The van der Waals surface area contributed by atoms with Gasteiger partial charge < -0.3 is 29.5 Å². The summed E-state index contributed by atoms with van der Waals surface area (Å²) in [5, 5.41) is 3.69. The van der Waals surface area contributed by atoms with Gasteiger partial charge in [-0.15, -0.1) is 0 Å². The van der Waals surface area contributed by atoms with Crippen molar-refractivity contribution < 1.29 is 9.47 Å².